The van der Waals surface area contributed by atoms with Gasteiger partial charge in [-0.25, -0.2) is 0 Å². The lowest BCUT2D eigenvalue weighted by atomic mass is 10.1. The summed E-state index contributed by atoms with van der Waals surface area (Å²) < 4.78 is 37.7. The van der Waals surface area contributed by atoms with Gasteiger partial charge >= 0.3 is 0 Å². The van der Waals surface area contributed by atoms with E-state index in [0.29, 0.717) is 6.42 Å². The molecular formula is C12H12O4S4. The summed E-state index contributed by atoms with van der Waals surface area (Å²) in [7, 11) is 0.188. The molecule has 1 heterocycles. The van der Waals surface area contributed by atoms with Crippen molar-refractivity contribution < 1.29 is 17.7 Å². The van der Waals surface area contributed by atoms with E-state index in [4.69, 9.17) is 17.0 Å². The van der Waals surface area contributed by atoms with Gasteiger partial charge in [0.2, 0.25) is 0 Å². The standard InChI is InChI=1S/C12H12O4S4/c1-7-9(12(17)19-18-7)5-8-3-4-10(16-2)11(6-8)20(13,14)15/h3-4,6H,5H2,1-2H3,(H,13,14,15). The number of rotatable bonds is 4. The molecule has 0 aliphatic heterocycles. The summed E-state index contributed by atoms with van der Waals surface area (Å²) in [5, 5.41) is 0. The van der Waals surface area contributed by atoms with Crippen LogP contribution in [0.3, 0.4) is 0 Å². The molecule has 0 bridgehead atoms. The van der Waals surface area contributed by atoms with Gasteiger partial charge in [0, 0.05) is 11.3 Å². The lowest BCUT2D eigenvalue weighted by molar-refractivity contribution is 0.397. The quantitative estimate of drug-likeness (QED) is 0.519. The summed E-state index contributed by atoms with van der Waals surface area (Å²) in [4.78, 5) is 0.907. The third-order valence-corrected chi connectivity index (χ3v) is 6.97. The monoisotopic (exact) mass is 348 g/mol. The van der Waals surface area contributed by atoms with Crippen molar-refractivity contribution in [1.82, 2.24) is 0 Å². The van der Waals surface area contributed by atoms with E-state index in [1.54, 1.807) is 16.4 Å². The van der Waals surface area contributed by atoms with Gasteiger partial charge in [0.1, 0.15) is 14.5 Å². The van der Waals surface area contributed by atoms with Crippen LogP contribution in [0.1, 0.15) is 16.0 Å². The first-order valence-corrected chi connectivity index (χ1v) is 9.55. The number of ether oxygens (including phenoxy) is 1. The summed E-state index contributed by atoms with van der Waals surface area (Å²) in [6, 6.07) is 4.72. The van der Waals surface area contributed by atoms with Crippen molar-refractivity contribution in [3.63, 3.8) is 0 Å². The summed E-state index contributed by atoms with van der Waals surface area (Å²) in [5.74, 6) is 0.125. The molecule has 0 saturated heterocycles. The Morgan fingerprint density at radius 2 is 2.05 bits per heavy atom. The molecule has 0 amide bonds. The van der Waals surface area contributed by atoms with E-state index in [9.17, 15) is 13.0 Å². The molecule has 0 fully saturated rings. The van der Waals surface area contributed by atoms with Crippen LogP contribution in [0.15, 0.2) is 23.1 Å². The molecular weight excluding hydrogens is 336 g/mol. The second kappa shape index (κ2) is 5.90. The third-order valence-electron chi connectivity index (χ3n) is 2.80. The Bertz CT molecular complexity index is 786. The molecule has 8 heteroatoms. The van der Waals surface area contributed by atoms with Crippen LogP contribution >= 0.6 is 32.9 Å². The maximum atomic E-state index is 11.4. The fraction of sp³-hybridized carbons (Fsp3) is 0.250. The Labute approximate surface area is 129 Å². The van der Waals surface area contributed by atoms with Gasteiger partial charge < -0.3 is 4.74 Å². The van der Waals surface area contributed by atoms with E-state index in [1.807, 2.05) is 6.92 Å². The minimum absolute atomic E-state index is 0.125. The summed E-state index contributed by atoms with van der Waals surface area (Å²) in [5.41, 5.74) is 1.79. The molecule has 0 radical (unpaired) electrons. The second-order valence-electron chi connectivity index (χ2n) is 4.13. The normalized spacial score (nSPS) is 11.6. The predicted octanol–water partition coefficient (Wildman–Crippen LogP) is 3.69. The van der Waals surface area contributed by atoms with Crippen molar-refractivity contribution >= 4 is 43.0 Å². The molecule has 20 heavy (non-hydrogen) atoms. The molecule has 2 rings (SSSR count). The lowest BCUT2D eigenvalue weighted by Crippen LogP contribution is -2.03. The molecule has 108 valence electrons. The van der Waals surface area contributed by atoms with Crippen molar-refractivity contribution in [3.05, 3.63) is 38.0 Å². The van der Waals surface area contributed by atoms with Crippen molar-refractivity contribution in [3.8, 4) is 5.75 Å². The van der Waals surface area contributed by atoms with Crippen molar-refractivity contribution in [2.75, 3.05) is 7.11 Å². The molecule has 4 nitrogen and oxygen atoms in total. The molecule has 1 aromatic heterocycles. The second-order valence-corrected chi connectivity index (χ2v) is 8.54. The zero-order chi connectivity index (χ0) is 14.9. The highest BCUT2D eigenvalue weighted by molar-refractivity contribution is 7.86. The molecule has 2 aromatic rings. The highest BCUT2D eigenvalue weighted by atomic mass is 32.9. The predicted molar refractivity (Wildman–Crippen MR) is 83.4 cm³/mol. The van der Waals surface area contributed by atoms with E-state index >= 15 is 0 Å². The average Bonchev–Trinajstić information content (AvgIpc) is 2.69. The number of hydrogen-bond donors (Lipinski definition) is 1. The SMILES string of the molecule is COc1ccc(Cc2c(C)ssc2=S)cc1S(=O)(=O)O. The average molecular weight is 348 g/mol. The van der Waals surface area contributed by atoms with E-state index in [1.165, 1.54) is 29.6 Å². The van der Waals surface area contributed by atoms with Crippen LogP contribution in [-0.2, 0) is 16.5 Å². The Kier molecular flexibility index (Phi) is 4.60. The van der Waals surface area contributed by atoms with Gasteiger partial charge in [-0.1, -0.05) is 39.0 Å². The molecule has 1 N–H and O–H groups in total. The van der Waals surface area contributed by atoms with Gasteiger partial charge in [0.15, 0.2) is 0 Å². The number of hydrogen-bond acceptors (Lipinski definition) is 6. The van der Waals surface area contributed by atoms with Gasteiger partial charge in [-0.15, -0.1) is 0 Å². The first-order valence-electron chi connectivity index (χ1n) is 5.56. The first kappa shape index (κ1) is 15.6. The van der Waals surface area contributed by atoms with Crippen LogP contribution in [0.4, 0.5) is 0 Å². The molecule has 0 unspecified atom stereocenters. The minimum atomic E-state index is -4.31. The summed E-state index contributed by atoms with van der Waals surface area (Å²) in [6.07, 6.45) is 0.539. The van der Waals surface area contributed by atoms with Gasteiger partial charge in [0.25, 0.3) is 10.1 Å². The molecule has 0 aliphatic carbocycles. The third kappa shape index (κ3) is 3.26. The lowest BCUT2D eigenvalue weighted by Gasteiger charge is -2.08. The maximum Gasteiger partial charge on any atom is 0.298 e. The summed E-state index contributed by atoms with van der Waals surface area (Å²) in [6.45, 7) is 1.99. The van der Waals surface area contributed by atoms with Crippen LogP contribution in [0, 0.1) is 10.7 Å². The Morgan fingerprint density at radius 1 is 1.35 bits per heavy atom. The fourth-order valence-corrected chi connectivity index (χ4v) is 5.15. The molecule has 0 atom stereocenters. The van der Waals surface area contributed by atoms with E-state index in [2.05, 4.69) is 0 Å². The number of aryl methyl sites for hydroxylation is 1. The zero-order valence-corrected chi connectivity index (χ0v) is 14.0. The number of benzene rings is 1. The highest BCUT2D eigenvalue weighted by Crippen LogP contribution is 2.29. The van der Waals surface area contributed by atoms with E-state index in [-0.39, 0.29) is 10.6 Å². The van der Waals surface area contributed by atoms with Crippen molar-refractivity contribution in [2.24, 2.45) is 0 Å². The number of methoxy groups -OCH3 is 1. The van der Waals surface area contributed by atoms with Crippen LogP contribution in [0.2, 0.25) is 0 Å². The smallest absolute Gasteiger partial charge is 0.298 e. The zero-order valence-electron chi connectivity index (χ0n) is 10.7. The molecule has 0 saturated carbocycles. The molecule has 0 aliphatic rings. The Hall–Kier alpha value is -0.800. The van der Waals surface area contributed by atoms with Gasteiger partial charge in [-0.2, -0.15) is 8.42 Å². The van der Waals surface area contributed by atoms with Crippen molar-refractivity contribution in [1.29, 1.82) is 0 Å². The topological polar surface area (TPSA) is 63.6 Å². The van der Waals surface area contributed by atoms with Gasteiger partial charge in [0.05, 0.1) is 7.11 Å². The van der Waals surface area contributed by atoms with Crippen molar-refractivity contribution in [2.45, 2.75) is 18.2 Å². The minimum Gasteiger partial charge on any atom is -0.495 e. The highest BCUT2D eigenvalue weighted by Gasteiger charge is 2.17. The van der Waals surface area contributed by atoms with E-state index in [0.717, 1.165) is 19.8 Å². The summed E-state index contributed by atoms with van der Waals surface area (Å²) >= 11 is 5.26. The van der Waals surface area contributed by atoms with Crippen LogP contribution in [0.5, 0.6) is 5.75 Å². The van der Waals surface area contributed by atoms with Crippen LogP contribution in [0.25, 0.3) is 0 Å². The van der Waals surface area contributed by atoms with E-state index < -0.39 is 10.1 Å². The molecule has 0 spiro atoms. The first-order chi connectivity index (χ1) is 9.32. The fourth-order valence-electron chi connectivity index (χ4n) is 1.78. The molecule has 1 aromatic carbocycles. The maximum absolute atomic E-state index is 11.4. The van der Waals surface area contributed by atoms with Gasteiger partial charge in [-0.3, -0.25) is 4.55 Å². The van der Waals surface area contributed by atoms with Gasteiger partial charge in [-0.05, 0) is 30.2 Å². The van der Waals surface area contributed by atoms with Crippen LogP contribution < -0.4 is 4.74 Å². The Balaban J connectivity index is 2.47. The Morgan fingerprint density at radius 3 is 2.55 bits per heavy atom. The largest absolute Gasteiger partial charge is 0.495 e. The van der Waals surface area contributed by atoms with Crippen LogP contribution in [-0.4, -0.2) is 20.1 Å².